The molecular weight excluding hydrogens is 458 g/mol. The van der Waals surface area contributed by atoms with Gasteiger partial charge in [-0.2, -0.15) is 0 Å². The summed E-state index contributed by atoms with van der Waals surface area (Å²) < 4.78 is 46.8. The monoisotopic (exact) mass is 487 g/mol. The predicted molar refractivity (Wildman–Crippen MR) is 128 cm³/mol. The molecule has 0 N–H and O–H groups in total. The van der Waals surface area contributed by atoms with Crippen molar-refractivity contribution in [2.75, 3.05) is 27.1 Å². The third-order valence-corrected chi connectivity index (χ3v) is 6.81. The lowest BCUT2D eigenvalue weighted by molar-refractivity contribution is -0.116. The van der Waals surface area contributed by atoms with Crippen molar-refractivity contribution >= 4 is 15.6 Å². The third-order valence-electron chi connectivity index (χ3n) is 5.34. The number of oxazole rings is 1. The number of sulfone groups is 1. The Bertz CT molecular complexity index is 1250. The highest BCUT2D eigenvalue weighted by molar-refractivity contribution is 7.91. The Labute approximate surface area is 199 Å². The second-order valence-electron chi connectivity index (χ2n) is 7.86. The lowest BCUT2D eigenvalue weighted by atomic mass is 10.1. The van der Waals surface area contributed by atoms with Crippen LogP contribution < -0.4 is 14.2 Å². The van der Waals surface area contributed by atoms with E-state index in [1.807, 2.05) is 6.07 Å². The minimum atomic E-state index is -3.70. The van der Waals surface area contributed by atoms with Gasteiger partial charge in [0.25, 0.3) is 0 Å². The molecule has 9 heteroatoms. The van der Waals surface area contributed by atoms with Crippen LogP contribution in [0.2, 0.25) is 0 Å². The maximum absolute atomic E-state index is 12.7. The summed E-state index contributed by atoms with van der Waals surface area (Å²) in [5, 5.41) is 0. The van der Waals surface area contributed by atoms with Crippen molar-refractivity contribution in [3.8, 4) is 28.7 Å². The number of Topliss-reactive ketones (excluding diaryl/α,β-unsaturated/α-hetero) is 1. The van der Waals surface area contributed by atoms with Gasteiger partial charge < -0.3 is 18.6 Å². The molecule has 3 aromatic rings. The molecule has 0 unspecified atom stereocenters. The van der Waals surface area contributed by atoms with Gasteiger partial charge in [0.2, 0.25) is 5.89 Å². The molecule has 0 radical (unpaired) electrons. The normalized spacial score (nSPS) is 11.3. The molecule has 2 aromatic carbocycles. The minimum Gasteiger partial charge on any atom is -0.497 e. The zero-order valence-corrected chi connectivity index (χ0v) is 20.6. The standard InChI is InChI=1S/C25H29NO7S/c1-17-23(26-25(33-17)19-8-6-10-21(14-19)30-2)16-34(28,29)15-20(27)9-5-7-18-13-22(31-3)11-12-24(18)32-4/h6,8,10-14H,5,7,9,15-16H2,1-4H3. The molecule has 0 bridgehead atoms. The van der Waals surface area contributed by atoms with Crippen molar-refractivity contribution in [1.29, 1.82) is 0 Å². The van der Waals surface area contributed by atoms with E-state index in [-0.39, 0.29) is 18.0 Å². The molecule has 0 saturated heterocycles. The SMILES string of the molecule is COc1cccc(-c2nc(CS(=O)(=O)CC(=O)CCCc3cc(OC)ccc3OC)c(C)o2)c1. The number of carbonyl (C=O) groups excluding carboxylic acids is 1. The molecule has 1 heterocycles. The Kier molecular flexibility index (Phi) is 8.33. The van der Waals surface area contributed by atoms with E-state index >= 15 is 0 Å². The van der Waals surface area contributed by atoms with Crippen LogP contribution in [0, 0.1) is 6.92 Å². The Balaban J connectivity index is 1.59. The summed E-state index contributed by atoms with van der Waals surface area (Å²) >= 11 is 0. The first-order valence-corrected chi connectivity index (χ1v) is 12.6. The lowest BCUT2D eigenvalue weighted by Gasteiger charge is -2.10. The Morgan fingerprint density at radius 1 is 1.00 bits per heavy atom. The lowest BCUT2D eigenvalue weighted by Crippen LogP contribution is -2.18. The van der Waals surface area contributed by atoms with E-state index in [0.29, 0.717) is 53.0 Å². The minimum absolute atomic E-state index is 0.145. The number of nitrogens with zero attached hydrogens (tertiary/aromatic N) is 1. The Hall–Kier alpha value is -3.33. The van der Waals surface area contributed by atoms with Crippen LogP contribution in [0.5, 0.6) is 17.2 Å². The van der Waals surface area contributed by atoms with E-state index in [1.165, 1.54) is 0 Å². The van der Waals surface area contributed by atoms with Crippen molar-refractivity contribution in [3.05, 3.63) is 59.5 Å². The van der Waals surface area contributed by atoms with Crippen LogP contribution in [0.25, 0.3) is 11.5 Å². The number of hydrogen-bond acceptors (Lipinski definition) is 8. The van der Waals surface area contributed by atoms with Crippen molar-refractivity contribution in [2.45, 2.75) is 31.9 Å². The predicted octanol–water partition coefficient (Wildman–Crippen LogP) is 4.18. The van der Waals surface area contributed by atoms with E-state index in [9.17, 15) is 13.2 Å². The van der Waals surface area contributed by atoms with Gasteiger partial charge in [0.15, 0.2) is 9.84 Å². The number of ketones is 1. The number of methoxy groups -OCH3 is 3. The highest BCUT2D eigenvalue weighted by Crippen LogP contribution is 2.27. The molecule has 1 aromatic heterocycles. The third kappa shape index (κ3) is 6.60. The summed E-state index contributed by atoms with van der Waals surface area (Å²) in [5.74, 6) is 1.51. The fourth-order valence-corrected chi connectivity index (χ4v) is 4.99. The molecule has 0 aliphatic rings. The highest BCUT2D eigenvalue weighted by Gasteiger charge is 2.22. The van der Waals surface area contributed by atoms with E-state index < -0.39 is 15.6 Å². The van der Waals surface area contributed by atoms with Gasteiger partial charge in [-0.3, -0.25) is 4.79 Å². The number of rotatable bonds is 12. The Morgan fingerprint density at radius 3 is 2.44 bits per heavy atom. The number of aromatic nitrogens is 1. The molecule has 8 nitrogen and oxygen atoms in total. The van der Waals surface area contributed by atoms with E-state index in [0.717, 1.165) is 5.56 Å². The number of carbonyl (C=O) groups is 1. The molecule has 3 rings (SSSR count). The van der Waals surface area contributed by atoms with E-state index in [2.05, 4.69) is 4.98 Å². The van der Waals surface area contributed by atoms with Crippen LogP contribution in [-0.4, -0.2) is 46.3 Å². The summed E-state index contributed by atoms with van der Waals surface area (Å²) in [7, 11) is 1.02. The van der Waals surface area contributed by atoms with Gasteiger partial charge in [-0.15, -0.1) is 0 Å². The molecule has 182 valence electrons. The fraction of sp³-hybridized carbons (Fsp3) is 0.360. The van der Waals surface area contributed by atoms with Gasteiger partial charge >= 0.3 is 0 Å². The number of aryl methyl sites for hydroxylation is 2. The topological polar surface area (TPSA) is 105 Å². The van der Waals surface area contributed by atoms with E-state index in [1.54, 1.807) is 64.7 Å². The molecule has 0 fully saturated rings. The summed E-state index contributed by atoms with van der Waals surface area (Å²) in [6.07, 6.45) is 1.21. The van der Waals surface area contributed by atoms with Crippen LogP contribution >= 0.6 is 0 Å². The molecule has 0 aliphatic carbocycles. The summed E-state index contributed by atoms with van der Waals surface area (Å²) in [6.45, 7) is 1.66. The van der Waals surface area contributed by atoms with Gasteiger partial charge in [0.05, 0.1) is 32.8 Å². The second-order valence-corrected chi connectivity index (χ2v) is 9.92. The Morgan fingerprint density at radius 2 is 1.74 bits per heavy atom. The molecular formula is C25H29NO7S. The largest absolute Gasteiger partial charge is 0.497 e. The summed E-state index contributed by atoms with van der Waals surface area (Å²) in [4.78, 5) is 16.8. The number of ether oxygens (including phenoxy) is 3. The quantitative estimate of drug-likeness (QED) is 0.375. The van der Waals surface area contributed by atoms with Gasteiger partial charge in [-0.25, -0.2) is 13.4 Å². The molecule has 0 spiro atoms. The average Bonchev–Trinajstić information content (AvgIpc) is 3.17. The molecule has 0 aliphatic heterocycles. The van der Waals surface area contributed by atoms with Crippen LogP contribution in [0.1, 0.15) is 29.9 Å². The van der Waals surface area contributed by atoms with Crippen molar-refractivity contribution in [1.82, 2.24) is 4.98 Å². The summed E-state index contributed by atoms with van der Waals surface area (Å²) in [6, 6.07) is 12.6. The highest BCUT2D eigenvalue weighted by atomic mass is 32.2. The first-order chi connectivity index (χ1) is 16.2. The maximum Gasteiger partial charge on any atom is 0.226 e. The van der Waals surface area contributed by atoms with Gasteiger partial charge in [-0.05, 0) is 61.7 Å². The smallest absolute Gasteiger partial charge is 0.226 e. The molecule has 0 saturated carbocycles. The first kappa shape index (κ1) is 25.3. The van der Waals surface area contributed by atoms with Crippen LogP contribution in [0.4, 0.5) is 0 Å². The molecule has 0 amide bonds. The fourth-order valence-electron chi connectivity index (χ4n) is 3.57. The van der Waals surface area contributed by atoms with Gasteiger partial charge in [0.1, 0.15) is 34.5 Å². The van der Waals surface area contributed by atoms with Crippen molar-refractivity contribution < 1.29 is 31.8 Å². The first-order valence-electron chi connectivity index (χ1n) is 10.8. The van der Waals surface area contributed by atoms with Crippen molar-refractivity contribution in [2.24, 2.45) is 0 Å². The summed E-state index contributed by atoms with van der Waals surface area (Å²) in [5.41, 5.74) is 1.88. The molecule has 0 atom stereocenters. The van der Waals surface area contributed by atoms with Gasteiger partial charge in [0, 0.05) is 12.0 Å². The zero-order chi connectivity index (χ0) is 24.7. The zero-order valence-electron chi connectivity index (χ0n) is 19.8. The second kappa shape index (κ2) is 11.2. The average molecular weight is 488 g/mol. The number of hydrogen-bond donors (Lipinski definition) is 0. The van der Waals surface area contributed by atoms with Crippen LogP contribution in [0.3, 0.4) is 0 Å². The molecule has 34 heavy (non-hydrogen) atoms. The van der Waals surface area contributed by atoms with E-state index in [4.69, 9.17) is 18.6 Å². The maximum atomic E-state index is 12.7. The van der Waals surface area contributed by atoms with Gasteiger partial charge in [-0.1, -0.05) is 6.07 Å². The van der Waals surface area contributed by atoms with Crippen LogP contribution in [-0.2, 0) is 26.8 Å². The van der Waals surface area contributed by atoms with Crippen LogP contribution in [0.15, 0.2) is 46.9 Å². The number of benzene rings is 2. The van der Waals surface area contributed by atoms with Crippen molar-refractivity contribution in [3.63, 3.8) is 0 Å².